The maximum absolute atomic E-state index is 12.1. The van der Waals surface area contributed by atoms with Crippen LogP contribution in [0.3, 0.4) is 0 Å². The molecule has 7 nitrogen and oxygen atoms in total. The summed E-state index contributed by atoms with van der Waals surface area (Å²) in [7, 11) is 0. The number of anilines is 1. The highest BCUT2D eigenvalue weighted by Crippen LogP contribution is 2.12. The number of esters is 1. The van der Waals surface area contributed by atoms with Gasteiger partial charge in [0.1, 0.15) is 0 Å². The Hall–Kier alpha value is -2.70. The highest BCUT2D eigenvalue weighted by Gasteiger charge is 2.22. The van der Waals surface area contributed by atoms with Crippen molar-refractivity contribution in [3.8, 4) is 0 Å². The number of carbonyl (C=O) groups excluding carboxylic acids is 3. The van der Waals surface area contributed by atoms with Crippen molar-refractivity contribution in [2.75, 3.05) is 11.9 Å². The van der Waals surface area contributed by atoms with E-state index in [1.165, 1.54) is 6.92 Å². The molecule has 2 amide bonds. The minimum absolute atomic E-state index is 0.182. The van der Waals surface area contributed by atoms with Crippen LogP contribution in [0.15, 0.2) is 29.4 Å². The number of hydrazone groups is 1. The molecule has 136 valence electrons. The largest absolute Gasteiger partial charge is 0.465 e. The molecule has 0 aliphatic heterocycles. The van der Waals surface area contributed by atoms with E-state index in [1.807, 2.05) is 6.92 Å². The fourth-order valence-corrected chi connectivity index (χ4v) is 2.22. The van der Waals surface area contributed by atoms with Crippen LogP contribution in [0, 0.1) is 5.92 Å². The second-order valence-electron chi connectivity index (χ2n) is 5.55. The van der Waals surface area contributed by atoms with Crippen LogP contribution in [-0.4, -0.2) is 30.1 Å². The molecule has 0 saturated carbocycles. The zero-order chi connectivity index (χ0) is 18.8. The van der Waals surface area contributed by atoms with Gasteiger partial charge in [-0.25, -0.2) is 5.43 Å². The Balaban J connectivity index is 2.75. The van der Waals surface area contributed by atoms with E-state index in [4.69, 9.17) is 4.74 Å². The molecule has 0 spiro atoms. The Morgan fingerprint density at radius 2 is 1.76 bits per heavy atom. The topological polar surface area (TPSA) is 96.9 Å². The Labute approximate surface area is 147 Å². The maximum atomic E-state index is 12.1. The molecule has 2 N–H and O–H groups in total. The van der Waals surface area contributed by atoms with Gasteiger partial charge in [-0.3, -0.25) is 14.4 Å². The summed E-state index contributed by atoms with van der Waals surface area (Å²) < 4.78 is 5.05. The molecule has 0 aliphatic rings. The summed E-state index contributed by atoms with van der Waals surface area (Å²) in [6.07, 6.45) is 1.41. The van der Waals surface area contributed by atoms with Gasteiger partial charge < -0.3 is 10.1 Å². The van der Waals surface area contributed by atoms with Crippen LogP contribution in [0.4, 0.5) is 5.69 Å². The van der Waals surface area contributed by atoms with E-state index in [9.17, 15) is 14.4 Å². The van der Waals surface area contributed by atoms with E-state index >= 15 is 0 Å². The van der Waals surface area contributed by atoms with Crippen LogP contribution in [-0.2, 0) is 14.3 Å². The van der Waals surface area contributed by atoms with Gasteiger partial charge in [0.05, 0.1) is 12.5 Å². The number of hydrogen-bond donors (Lipinski definition) is 2. The molecule has 0 heterocycles. The first kappa shape index (κ1) is 20.3. The molecule has 0 bridgehead atoms. The molecule has 0 unspecified atom stereocenters. The lowest BCUT2D eigenvalue weighted by atomic mass is 9.99. The Morgan fingerprint density at radius 1 is 1.12 bits per heavy atom. The SMILES string of the molecule is CCC[C@H](C(=O)OCC)/C(C)=N\NC(=O)c1ccc(NC(C)=O)cc1. The summed E-state index contributed by atoms with van der Waals surface area (Å²) in [6.45, 7) is 7.12. The second-order valence-corrected chi connectivity index (χ2v) is 5.55. The van der Waals surface area contributed by atoms with Crippen molar-refractivity contribution in [1.29, 1.82) is 0 Å². The van der Waals surface area contributed by atoms with Gasteiger partial charge in [0, 0.05) is 23.9 Å². The standard InChI is InChI=1S/C18H25N3O4/c1-5-7-16(18(24)25-6-2)12(3)20-21-17(23)14-8-10-15(11-9-14)19-13(4)22/h8-11,16H,5-7H2,1-4H3,(H,19,22)(H,21,23)/b20-12-/t16-/m0/s1. The molecule has 25 heavy (non-hydrogen) atoms. The molecular weight excluding hydrogens is 322 g/mol. The Morgan fingerprint density at radius 3 is 2.28 bits per heavy atom. The lowest BCUT2D eigenvalue weighted by molar-refractivity contribution is -0.145. The quantitative estimate of drug-likeness (QED) is 0.429. The molecule has 0 radical (unpaired) electrons. The van der Waals surface area contributed by atoms with Crippen LogP contribution in [0.25, 0.3) is 0 Å². The number of ether oxygens (including phenoxy) is 1. The minimum Gasteiger partial charge on any atom is -0.465 e. The van der Waals surface area contributed by atoms with Crippen molar-refractivity contribution >= 4 is 29.2 Å². The Bertz CT molecular complexity index is 638. The number of hydrogen-bond acceptors (Lipinski definition) is 5. The first-order chi connectivity index (χ1) is 11.9. The number of amides is 2. The first-order valence-corrected chi connectivity index (χ1v) is 8.27. The van der Waals surface area contributed by atoms with Crippen molar-refractivity contribution in [2.24, 2.45) is 11.0 Å². The van der Waals surface area contributed by atoms with Crippen LogP contribution in [0.1, 0.15) is 50.9 Å². The van der Waals surface area contributed by atoms with E-state index in [2.05, 4.69) is 15.8 Å². The van der Waals surface area contributed by atoms with Gasteiger partial charge in [0.2, 0.25) is 5.91 Å². The van der Waals surface area contributed by atoms with Gasteiger partial charge in [0.25, 0.3) is 5.91 Å². The summed E-state index contributed by atoms with van der Waals surface area (Å²) in [5, 5.41) is 6.67. The van der Waals surface area contributed by atoms with Crippen molar-refractivity contribution in [1.82, 2.24) is 5.43 Å². The van der Waals surface area contributed by atoms with Gasteiger partial charge in [-0.2, -0.15) is 5.10 Å². The summed E-state index contributed by atoms with van der Waals surface area (Å²) in [6, 6.07) is 6.43. The van der Waals surface area contributed by atoms with E-state index in [0.29, 0.717) is 30.0 Å². The third-order valence-corrected chi connectivity index (χ3v) is 3.45. The molecule has 0 saturated heterocycles. The lowest BCUT2D eigenvalue weighted by Gasteiger charge is -2.14. The summed E-state index contributed by atoms with van der Waals surface area (Å²) in [5.41, 5.74) is 3.95. The van der Waals surface area contributed by atoms with Crippen molar-refractivity contribution in [3.05, 3.63) is 29.8 Å². The summed E-state index contributed by atoms with van der Waals surface area (Å²) >= 11 is 0. The first-order valence-electron chi connectivity index (χ1n) is 8.27. The minimum atomic E-state index is -0.465. The van der Waals surface area contributed by atoms with E-state index in [1.54, 1.807) is 38.1 Å². The molecule has 1 atom stereocenters. The zero-order valence-corrected chi connectivity index (χ0v) is 15.1. The van der Waals surface area contributed by atoms with Crippen LogP contribution in [0.5, 0.6) is 0 Å². The van der Waals surface area contributed by atoms with Gasteiger partial charge in [-0.1, -0.05) is 13.3 Å². The number of benzene rings is 1. The molecule has 0 fully saturated rings. The normalized spacial score (nSPS) is 12.2. The average molecular weight is 347 g/mol. The van der Waals surface area contributed by atoms with Crippen LogP contribution in [0.2, 0.25) is 0 Å². The fraction of sp³-hybridized carbons (Fsp3) is 0.444. The summed E-state index contributed by atoms with van der Waals surface area (Å²) in [4.78, 5) is 35.1. The molecular formula is C18H25N3O4. The van der Waals surface area contributed by atoms with Gasteiger partial charge in [-0.05, 0) is 44.5 Å². The third kappa shape index (κ3) is 6.74. The molecule has 1 rings (SSSR count). The van der Waals surface area contributed by atoms with E-state index in [0.717, 1.165) is 6.42 Å². The number of nitrogens with zero attached hydrogens (tertiary/aromatic N) is 1. The molecule has 7 heteroatoms. The second kappa shape index (κ2) is 10.2. The monoisotopic (exact) mass is 347 g/mol. The molecule has 1 aromatic carbocycles. The number of rotatable bonds is 8. The van der Waals surface area contributed by atoms with Crippen LogP contribution >= 0.6 is 0 Å². The van der Waals surface area contributed by atoms with Crippen molar-refractivity contribution in [2.45, 2.75) is 40.5 Å². The van der Waals surface area contributed by atoms with Gasteiger partial charge in [-0.15, -0.1) is 0 Å². The molecule has 1 aromatic rings. The Kier molecular flexibility index (Phi) is 8.32. The van der Waals surface area contributed by atoms with E-state index in [-0.39, 0.29) is 11.9 Å². The van der Waals surface area contributed by atoms with Gasteiger partial charge >= 0.3 is 5.97 Å². The van der Waals surface area contributed by atoms with Crippen LogP contribution < -0.4 is 10.7 Å². The predicted octanol–water partition coefficient (Wildman–Crippen LogP) is 2.73. The highest BCUT2D eigenvalue weighted by atomic mass is 16.5. The van der Waals surface area contributed by atoms with Gasteiger partial charge in [0.15, 0.2) is 0 Å². The highest BCUT2D eigenvalue weighted by molar-refractivity contribution is 6.02. The lowest BCUT2D eigenvalue weighted by Crippen LogP contribution is -2.27. The van der Waals surface area contributed by atoms with E-state index < -0.39 is 11.8 Å². The zero-order valence-electron chi connectivity index (χ0n) is 15.1. The third-order valence-electron chi connectivity index (χ3n) is 3.45. The smallest absolute Gasteiger partial charge is 0.314 e. The van der Waals surface area contributed by atoms with Crippen molar-refractivity contribution < 1.29 is 19.1 Å². The summed E-state index contributed by atoms with van der Waals surface area (Å²) in [5.74, 6) is -1.38. The number of nitrogens with one attached hydrogen (secondary N) is 2. The fourth-order valence-electron chi connectivity index (χ4n) is 2.22. The number of carbonyl (C=O) groups is 3. The molecule has 0 aromatic heterocycles. The van der Waals surface area contributed by atoms with Crippen molar-refractivity contribution in [3.63, 3.8) is 0 Å². The molecule has 0 aliphatic carbocycles. The maximum Gasteiger partial charge on any atom is 0.314 e. The predicted molar refractivity (Wildman–Crippen MR) is 96.4 cm³/mol. The average Bonchev–Trinajstić information content (AvgIpc) is 2.57.